The highest BCUT2D eigenvalue weighted by atomic mass is 79.9. The zero-order chi connectivity index (χ0) is 12.5. The second-order valence-electron chi connectivity index (χ2n) is 5.61. The summed E-state index contributed by atoms with van der Waals surface area (Å²) in [6.07, 6.45) is 2.75. The predicted octanol–water partition coefficient (Wildman–Crippen LogP) is 3.19. The lowest BCUT2D eigenvalue weighted by Gasteiger charge is -2.25. The van der Waals surface area contributed by atoms with E-state index in [1.54, 1.807) is 0 Å². The van der Waals surface area contributed by atoms with Crippen molar-refractivity contribution in [3.63, 3.8) is 0 Å². The molecule has 0 aromatic heterocycles. The van der Waals surface area contributed by atoms with Gasteiger partial charge in [-0.25, -0.2) is 0 Å². The molecule has 0 aliphatic carbocycles. The quantitative estimate of drug-likeness (QED) is 0.902. The lowest BCUT2D eigenvalue weighted by Crippen LogP contribution is -2.40. The Morgan fingerprint density at radius 1 is 1.33 bits per heavy atom. The third-order valence-electron chi connectivity index (χ3n) is 4.53. The number of rotatable bonds is 2. The van der Waals surface area contributed by atoms with Gasteiger partial charge in [-0.2, -0.15) is 0 Å². The number of nitrogens with zero attached hydrogens (tertiary/aromatic N) is 1. The molecule has 98 valence electrons. The average Bonchev–Trinajstić information content (AvgIpc) is 2.82. The van der Waals surface area contributed by atoms with Crippen LogP contribution in [0.1, 0.15) is 31.4 Å². The summed E-state index contributed by atoms with van der Waals surface area (Å²) in [7, 11) is 0. The number of halogens is 1. The zero-order valence-electron chi connectivity index (χ0n) is 10.9. The SMILES string of the molecule is CC(c1ccccc1Br)N1CC2CCCNC2C1. The van der Waals surface area contributed by atoms with E-state index in [1.807, 2.05) is 0 Å². The molecule has 3 rings (SSSR count). The van der Waals surface area contributed by atoms with Crippen molar-refractivity contribution in [2.75, 3.05) is 19.6 Å². The number of likely N-dealkylation sites (tertiary alicyclic amines) is 1. The second-order valence-corrected chi connectivity index (χ2v) is 6.47. The maximum atomic E-state index is 3.68. The third kappa shape index (κ3) is 2.36. The fourth-order valence-corrected chi connectivity index (χ4v) is 4.02. The number of hydrogen-bond donors (Lipinski definition) is 1. The molecule has 0 saturated carbocycles. The molecule has 18 heavy (non-hydrogen) atoms. The lowest BCUT2D eigenvalue weighted by molar-refractivity contribution is 0.250. The van der Waals surface area contributed by atoms with Crippen LogP contribution in [0.25, 0.3) is 0 Å². The van der Waals surface area contributed by atoms with Gasteiger partial charge in [-0.1, -0.05) is 34.1 Å². The molecule has 2 heterocycles. The van der Waals surface area contributed by atoms with Gasteiger partial charge in [0.2, 0.25) is 0 Å². The molecule has 3 heteroatoms. The first-order valence-electron chi connectivity index (χ1n) is 6.97. The Bertz CT molecular complexity index is 407. The summed E-state index contributed by atoms with van der Waals surface area (Å²) in [5.74, 6) is 0.865. The van der Waals surface area contributed by atoms with E-state index in [-0.39, 0.29) is 0 Å². The highest BCUT2D eigenvalue weighted by molar-refractivity contribution is 9.10. The summed E-state index contributed by atoms with van der Waals surface area (Å²) in [4.78, 5) is 2.63. The fourth-order valence-electron chi connectivity index (χ4n) is 3.41. The normalized spacial score (nSPS) is 30.1. The summed E-state index contributed by atoms with van der Waals surface area (Å²) >= 11 is 3.68. The Morgan fingerprint density at radius 3 is 2.94 bits per heavy atom. The van der Waals surface area contributed by atoms with Crippen molar-refractivity contribution in [2.24, 2.45) is 5.92 Å². The molecule has 3 atom stereocenters. The van der Waals surface area contributed by atoms with E-state index in [2.05, 4.69) is 57.3 Å². The smallest absolute Gasteiger partial charge is 0.0331 e. The summed E-state index contributed by atoms with van der Waals surface area (Å²) in [5, 5.41) is 3.68. The Morgan fingerprint density at radius 2 is 2.17 bits per heavy atom. The standard InChI is InChI=1S/C15H21BrN2/c1-11(13-6-2-3-7-14(13)16)18-9-12-5-4-8-17-15(12)10-18/h2-3,6-7,11-12,15,17H,4-5,8-10H2,1H3. The van der Waals surface area contributed by atoms with Crippen LogP contribution in [0, 0.1) is 5.92 Å². The Labute approximate surface area is 118 Å². The van der Waals surface area contributed by atoms with Gasteiger partial charge in [-0.3, -0.25) is 4.90 Å². The van der Waals surface area contributed by atoms with Crippen molar-refractivity contribution in [1.29, 1.82) is 0 Å². The van der Waals surface area contributed by atoms with Crippen molar-refractivity contribution >= 4 is 15.9 Å². The van der Waals surface area contributed by atoms with E-state index in [0.29, 0.717) is 6.04 Å². The minimum Gasteiger partial charge on any atom is -0.312 e. The maximum Gasteiger partial charge on any atom is 0.0331 e. The Balaban J connectivity index is 1.74. The summed E-state index contributed by atoms with van der Waals surface area (Å²) in [6.45, 7) is 5.99. The van der Waals surface area contributed by atoms with Gasteiger partial charge in [0.1, 0.15) is 0 Å². The van der Waals surface area contributed by atoms with Crippen LogP contribution in [0.3, 0.4) is 0 Å². The van der Waals surface area contributed by atoms with Crippen molar-refractivity contribution in [3.05, 3.63) is 34.3 Å². The van der Waals surface area contributed by atoms with E-state index in [4.69, 9.17) is 0 Å². The summed E-state index contributed by atoms with van der Waals surface area (Å²) in [6, 6.07) is 9.85. The molecule has 1 aromatic rings. The van der Waals surface area contributed by atoms with Crippen LogP contribution < -0.4 is 5.32 Å². The third-order valence-corrected chi connectivity index (χ3v) is 5.25. The first-order valence-corrected chi connectivity index (χ1v) is 7.77. The van der Waals surface area contributed by atoms with Gasteiger partial charge in [0.05, 0.1) is 0 Å². The van der Waals surface area contributed by atoms with E-state index in [0.717, 1.165) is 12.0 Å². The van der Waals surface area contributed by atoms with Crippen LogP contribution in [0.15, 0.2) is 28.7 Å². The molecule has 1 N–H and O–H groups in total. The van der Waals surface area contributed by atoms with Gasteiger partial charge in [0.25, 0.3) is 0 Å². The van der Waals surface area contributed by atoms with Gasteiger partial charge in [-0.05, 0) is 43.9 Å². The highest BCUT2D eigenvalue weighted by Crippen LogP contribution is 2.33. The molecule has 2 nitrogen and oxygen atoms in total. The van der Waals surface area contributed by atoms with Crippen molar-refractivity contribution in [1.82, 2.24) is 10.2 Å². The van der Waals surface area contributed by atoms with Crippen molar-refractivity contribution in [2.45, 2.75) is 31.8 Å². The number of fused-ring (bicyclic) bond motifs is 1. The minimum absolute atomic E-state index is 0.507. The molecular weight excluding hydrogens is 288 g/mol. The van der Waals surface area contributed by atoms with Crippen LogP contribution in [-0.4, -0.2) is 30.6 Å². The minimum atomic E-state index is 0.507. The van der Waals surface area contributed by atoms with Gasteiger partial charge >= 0.3 is 0 Å². The Kier molecular flexibility index (Phi) is 3.73. The van der Waals surface area contributed by atoms with Gasteiger partial charge in [0.15, 0.2) is 0 Å². The van der Waals surface area contributed by atoms with Crippen molar-refractivity contribution < 1.29 is 0 Å². The van der Waals surface area contributed by atoms with Gasteiger partial charge < -0.3 is 5.32 Å². The fraction of sp³-hybridized carbons (Fsp3) is 0.600. The van der Waals surface area contributed by atoms with Crippen LogP contribution in [0.4, 0.5) is 0 Å². The first-order chi connectivity index (χ1) is 8.75. The molecule has 0 amide bonds. The number of piperidine rings is 1. The molecule has 0 bridgehead atoms. The van der Waals surface area contributed by atoms with Gasteiger partial charge in [0, 0.05) is 29.6 Å². The molecular formula is C15H21BrN2. The monoisotopic (exact) mass is 308 g/mol. The number of nitrogens with one attached hydrogen (secondary N) is 1. The zero-order valence-corrected chi connectivity index (χ0v) is 12.5. The summed E-state index contributed by atoms with van der Waals surface area (Å²) < 4.78 is 1.24. The van der Waals surface area contributed by atoms with E-state index in [9.17, 15) is 0 Å². The molecule has 2 fully saturated rings. The van der Waals surface area contributed by atoms with Crippen LogP contribution in [-0.2, 0) is 0 Å². The molecule has 2 saturated heterocycles. The average molecular weight is 309 g/mol. The summed E-state index contributed by atoms with van der Waals surface area (Å²) in [5.41, 5.74) is 1.41. The molecule has 0 radical (unpaired) electrons. The van der Waals surface area contributed by atoms with Gasteiger partial charge in [-0.15, -0.1) is 0 Å². The molecule has 2 aliphatic rings. The predicted molar refractivity (Wildman–Crippen MR) is 78.6 cm³/mol. The maximum absolute atomic E-state index is 3.68. The van der Waals surface area contributed by atoms with E-state index < -0.39 is 0 Å². The molecule has 1 aromatic carbocycles. The first kappa shape index (κ1) is 12.6. The van der Waals surface area contributed by atoms with E-state index >= 15 is 0 Å². The largest absolute Gasteiger partial charge is 0.312 e. The number of hydrogen-bond acceptors (Lipinski definition) is 2. The van der Waals surface area contributed by atoms with Crippen molar-refractivity contribution in [3.8, 4) is 0 Å². The van der Waals surface area contributed by atoms with E-state index in [1.165, 1.54) is 42.5 Å². The molecule has 3 unspecified atom stereocenters. The van der Waals surface area contributed by atoms with Crippen LogP contribution in [0.5, 0.6) is 0 Å². The molecule has 2 aliphatic heterocycles. The molecule has 0 spiro atoms. The van der Waals surface area contributed by atoms with Crippen LogP contribution >= 0.6 is 15.9 Å². The highest BCUT2D eigenvalue weighted by Gasteiger charge is 2.36. The lowest BCUT2D eigenvalue weighted by atomic mass is 9.94. The number of benzene rings is 1. The van der Waals surface area contributed by atoms with Crippen LogP contribution in [0.2, 0.25) is 0 Å². The second kappa shape index (κ2) is 5.32. The Hall–Kier alpha value is -0.380. The topological polar surface area (TPSA) is 15.3 Å².